The first-order valence-corrected chi connectivity index (χ1v) is 15.2. The second-order valence-corrected chi connectivity index (χ2v) is 12.3. The first-order chi connectivity index (χ1) is 20.3. The highest BCUT2D eigenvalue weighted by Gasteiger charge is 2.48. The van der Waals surface area contributed by atoms with Gasteiger partial charge in [0.25, 0.3) is 5.56 Å². The Morgan fingerprint density at radius 3 is 2.26 bits per heavy atom. The number of methoxy groups -OCH3 is 1. The van der Waals surface area contributed by atoms with Gasteiger partial charge in [-0.05, 0) is 63.1 Å². The number of hydrogen-bond donors (Lipinski definition) is 2. The first-order valence-electron chi connectivity index (χ1n) is 13.6. The lowest BCUT2D eigenvalue weighted by atomic mass is 10.0. The monoisotopic (exact) mass is 619 g/mol. The maximum Gasteiger partial charge on any atom is 0.459 e. The van der Waals surface area contributed by atoms with Gasteiger partial charge in [-0.3, -0.25) is 23.7 Å². The number of esters is 1. The van der Waals surface area contributed by atoms with Crippen LogP contribution in [-0.4, -0.2) is 53.2 Å². The number of halogens is 1. The van der Waals surface area contributed by atoms with E-state index >= 15 is 4.39 Å². The largest absolute Gasteiger partial charge is 0.497 e. The minimum Gasteiger partial charge on any atom is -0.497 e. The Morgan fingerprint density at radius 1 is 1.09 bits per heavy atom. The zero-order valence-corrected chi connectivity index (χ0v) is 25.3. The molecule has 1 saturated heterocycles. The predicted octanol–water partition coefficient (Wildman–Crippen LogP) is 4.36. The van der Waals surface area contributed by atoms with Gasteiger partial charge in [-0.25, -0.2) is 13.8 Å². The van der Waals surface area contributed by atoms with Crippen LogP contribution in [0.4, 0.5) is 4.39 Å². The molecule has 2 N–H and O–H groups in total. The summed E-state index contributed by atoms with van der Waals surface area (Å²) in [6, 6.07) is 14.1. The van der Waals surface area contributed by atoms with Crippen LogP contribution in [0.2, 0.25) is 0 Å². The van der Waals surface area contributed by atoms with Crippen LogP contribution in [0.5, 0.6) is 11.5 Å². The molecule has 12 nitrogen and oxygen atoms in total. The van der Waals surface area contributed by atoms with Gasteiger partial charge < -0.3 is 18.7 Å². The van der Waals surface area contributed by atoms with Crippen LogP contribution in [0.25, 0.3) is 11.1 Å². The third-order valence-corrected chi connectivity index (χ3v) is 8.20. The minimum absolute atomic E-state index is 0.179. The molecule has 3 aromatic rings. The van der Waals surface area contributed by atoms with Gasteiger partial charge in [-0.2, -0.15) is 5.09 Å². The van der Waals surface area contributed by atoms with Crippen LogP contribution in [0.3, 0.4) is 0 Å². The lowest BCUT2D eigenvalue weighted by Crippen LogP contribution is -2.38. The van der Waals surface area contributed by atoms with Gasteiger partial charge in [0.05, 0.1) is 25.9 Å². The fourth-order valence-electron chi connectivity index (χ4n) is 4.51. The molecule has 0 aliphatic carbocycles. The summed E-state index contributed by atoms with van der Waals surface area (Å²) in [6.07, 6.45) is -1.81. The molecule has 1 unspecified atom stereocenters. The summed E-state index contributed by atoms with van der Waals surface area (Å²) < 4.78 is 58.0. The summed E-state index contributed by atoms with van der Waals surface area (Å²) in [5, 5.41) is 2.59. The third kappa shape index (κ3) is 8.20. The number of nitrogens with zero attached hydrogens (tertiary/aromatic N) is 1. The fraction of sp³-hybridized carbons (Fsp3) is 0.414. The quantitative estimate of drug-likeness (QED) is 0.221. The van der Waals surface area contributed by atoms with Crippen molar-refractivity contribution in [2.45, 2.75) is 64.3 Å². The molecule has 0 radical (unpaired) electrons. The molecular formula is C29H35FN3O9P. The van der Waals surface area contributed by atoms with Crippen LogP contribution in [0.15, 0.2) is 70.4 Å². The number of carbonyl (C=O) groups is 1. The number of aromatic nitrogens is 2. The molecule has 5 atom stereocenters. The number of nitrogens with one attached hydrogen (secondary N) is 2. The Morgan fingerprint density at radius 2 is 1.70 bits per heavy atom. The summed E-state index contributed by atoms with van der Waals surface area (Å²) in [5.74, 6) is 0.218. The van der Waals surface area contributed by atoms with Crippen LogP contribution in [0, 0.1) is 0 Å². The molecular weight excluding hydrogens is 584 g/mol. The molecule has 1 aliphatic heterocycles. The smallest absolute Gasteiger partial charge is 0.459 e. The second kappa shape index (κ2) is 13.3. The van der Waals surface area contributed by atoms with Gasteiger partial charge in [-0.15, -0.1) is 0 Å². The second-order valence-electron chi connectivity index (χ2n) is 10.6. The van der Waals surface area contributed by atoms with E-state index in [2.05, 4.69) is 10.1 Å². The molecule has 2 aromatic carbocycles. The molecule has 232 valence electrons. The molecule has 1 aromatic heterocycles. The van der Waals surface area contributed by atoms with Crippen molar-refractivity contribution in [2.24, 2.45) is 0 Å². The van der Waals surface area contributed by atoms with Gasteiger partial charge in [0.1, 0.15) is 17.5 Å². The zero-order valence-electron chi connectivity index (χ0n) is 24.4. The number of rotatable bonds is 12. The van der Waals surface area contributed by atoms with Gasteiger partial charge >= 0.3 is 19.4 Å². The fourth-order valence-corrected chi connectivity index (χ4v) is 6.03. The van der Waals surface area contributed by atoms with E-state index in [1.54, 1.807) is 45.2 Å². The Labute approximate surface area is 247 Å². The highest BCUT2D eigenvalue weighted by Crippen LogP contribution is 2.47. The Kier molecular flexibility index (Phi) is 9.91. The average molecular weight is 620 g/mol. The molecule has 0 saturated carbocycles. The van der Waals surface area contributed by atoms with Crippen LogP contribution in [0.1, 0.15) is 40.3 Å². The van der Waals surface area contributed by atoms with Crippen molar-refractivity contribution < 1.29 is 37.0 Å². The first kappa shape index (κ1) is 32.2. The van der Waals surface area contributed by atoms with Gasteiger partial charge in [0.15, 0.2) is 11.9 Å². The van der Waals surface area contributed by atoms with E-state index in [0.717, 1.165) is 33.7 Å². The van der Waals surface area contributed by atoms with E-state index in [0.29, 0.717) is 0 Å². The molecule has 4 rings (SSSR count). The number of H-pyrrole nitrogens is 1. The van der Waals surface area contributed by atoms with Crippen molar-refractivity contribution in [3.05, 3.63) is 81.6 Å². The Hall–Kier alpha value is -3.77. The number of hydrogen-bond acceptors (Lipinski definition) is 9. The number of ether oxygens (including phenoxy) is 3. The van der Waals surface area contributed by atoms with E-state index < -0.39 is 61.7 Å². The molecule has 14 heteroatoms. The lowest BCUT2D eigenvalue weighted by Gasteiger charge is -2.24. The molecule has 0 spiro atoms. The standard InChI is InChI=1S/C29H35FN3O9P/c1-18(2)40-26(35)19(3)32-43(37,42-23-12-8-21(9-13-23)20-6-10-22(38-5)11-7-20)39-17-24-16-29(4,30)27(41-24)33-15-14-25(34)31-28(33)36/h6-15,18-19,24,27H,16-17H2,1-5H3,(H,32,37)(H,31,34,36)/t19-,24-,27+,29+,43?/m0/s1. The van der Waals surface area contributed by atoms with E-state index in [4.69, 9.17) is 23.3 Å². The number of carbonyl (C=O) groups excluding carboxylic acids is 1. The Balaban J connectivity index is 1.51. The van der Waals surface area contributed by atoms with Crippen molar-refractivity contribution >= 4 is 13.7 Å². The predicted molar refractivity (Wildman–Crippen MR) is 156 cm³/mol. The van der Waals surface area contributed by atoms with Gasteiger partial charge in [0, 0.05) is 18.7 Å². The molecule has 1 aliphatic rings. The van der Waals surface area contributed by atoms with Crippen molar-refractivity contribution in [3.8, 4) is 22.6 Å². The summed E-state index contributed by atoms with van der Waals surface area (Å²) in [6.45, 7) is 5.64. The highest BCUT2D eigenvalue weighted by molar-refractivity contribution is 7.52. The third-order valence-electron chi connectivity index (χ3n) is 6.56. The SMILES string of the molecule is COc1ccc(-c2ccc(OP(=O)(N[C@@H](C)C(=O)OC(C)C)OC[C@@H]3C[C@@](C)(F)[C@H](n4ccc(=O)[nH]c4=O)O3)cc2)cc1. The average Bonchev–Trinajstić information content (AvgIpc) is 3.25. The van der Waals surface area contributed by atoms with E-state index in [-0.39, 0.29) is 12.2 Å². The zero-order chi connectivity index (χ0) is 31.4. The van der Waals surface area contributed by atoms with Crippen LogP contribution in [-0.2, 0) is 23.4 Å². The molecule has 43 heavy (non-hydrogen) atoms. The van der Waals surface area contributed by atoms with Crippen molar-refractivity contribution in [1.82, 2.24) is 14.6 Å². The van der Waals surface area contributed by atoms with Crippen LogP contribution >= 0.6 is 7.75 Å². The van der Waals surface area contributed by atoms with Gasteiger partial charge in [0.2, 0.25) is 0 Å². The van der Waals surface area contributed by atoms with E-state index in [1.165, 1.54) is 13.8 Å². The van der Waals surface area contributed by atoms with E-state index in [9.17, 15) is 18.9 Å². The highest BCUT2D eigenvalue weighted by atomic mass is 31.2. The molecule has 0 amide bonds. The summed E-state index contributed by atoms with van der Waals surface area (Å²) in [7, 11) is -2.70. The summed E-state index contributed by atoms with van der Waals surface area (Å²) in [4.78, 5) is 38.2. The van der Waals surface area contributed by atoms with Crippen molar-refractivity contribution in [3.63, 3.8) is 0 Å². The summed E-state index contributed by atoms with van der Waals surface area (Å²) >= 11 is 0. The van der Waals surface area contributed by atoms with Gasteiger partial charge in [-0.1, -0.05) is 24.3 Å². The summed E-state index contributed by atoms with van der Waals surface area (Å²) in [5.41, 5.74) is -1.73. The molecule has 2 heterocycles. The minimum atomic E-state index is -4.28. The number of benzene rings is 2. The van der Waals surface area contributed by atoms with Crippen LogP contribution < -0.4 is 25.6 Å². The topological polar surface area (TPSA) is 147 Å². The number of alkyl halides is 1. The van der Waals surface area contributed by atoms with Crippen molar-refractivity contribution in [1.29, 1.82) is 0 Å². The maximum absolute atomic E-state index is 15.5. The molecule has 1 fully saturated rings. The lowest BCUT2D eigenvalue weighted by molar-refractivity contribution is -0.149. The van der Waals surface area contributed by atoms with Crippen molar-refractivity contribution in [2.75, 3.05) is 13.7 Å². The Bertz CT molecular complexity index is 1570. The normalized spacial score (nSPS) is 22.1. The molecule has 0 bridgehead atoms. The maximum atomic E-state index is 15.5. The number of aromatic amines is 1. The van der Waals surface area contributed by atoms with E-state index in [1.807, 2.05) is 24.3 Å².